The predicted molar refractivity (Wildman–Crippen MR) is 96.9 cm³/mol. The van der Waals surface area contributed by atoms with Crippen LogP contribution in [-0.2, 0) is 6.61 Å². The van der Waals surface area contributed by atoms with Crippen LogP contribution in [0.5, 0.6) is 5.75 Å². The summed E-state index contributed by atoms with van der Waals surface area (Å²) in [7, 11) is 0. The van der Waals surface area contributed by atoms with E-state index in [1.807, 2.05) is 36.4 Å². The van der Waals surface area contributed by atoms with Crippen LogP contribution in [0.2, 0.25) is 0 Å². The van der Waals surface area contributed by atoms with Crippen molar-refractivity contribution >= 4 is 24.2 Å². The molecule has 3 nitrogen and oxygen atoms in total. The van der Waals surface area contributed by atoms with E-state index in [4.69, 9.17) is 10.5 Å². The normalized spacial score (nSPS) is 9.36. The minimum Gasteiger partial charge on any atom is -0.489 e. The summed E-state index contributed by atoms with van der Waals surface area (Å²) in [4.78, 5) is 3.90. The fourth-order valence-corrected chi connectivity index (χ4v) is 1.81. The molecule has 0 fully saturated rings. The molecule has 22 heavy (non-hydrogen) atoms. The maximum Gasteiger partial charge on any atom is 0.122 e. The molecule has 0 saturated heterocycles. The molecule has 3 heteroatoms. The first-order valence-corrected chi connectivity index (χ1v) is 7.35. The van der Waals surface area contributed by atoms with Gasteiger partial charge in [-0.05, 0) is 18.3 Å². The van der Waals surface area contributed by atoms with E-state index in [9.17, 15) is 0 Å². The molecule has 0 aliphatic heterocycles. The van der Waals surface area contributed by atoms with Gasteiger partial charge in [-0.3, -0.25) is 4.99 Å². The van der Waals surface area contributed by atoms with Crippen molar-refractivity contribution in [3.63, 3.8) is 0 Å². The van der Waals surface area contributed by atoms with Crippen molar-refractivity contribution in [2.45, 2.75) is 26.9 Å². The van der Waals surface area contributed by atoms with E-state index < -0.39 is 0 Å². The summed E-state index contributed by atoms with van der Waals surface area (Å²) < 4.78 is 5.73. The van der Waals surface area contributed by atoms with Gasteiger partial charge in [-0.2, -0.15) is 0 Å². The molecule has 0 amide bonds. The van der Waals surface area contributed by atoms with Gasteiger partial charge in [0.15, 0.2) is 0 Å². The second-order valence-corrected chi connectivity index (χ2v) is 4.79. The van der Waals surface area contributed by atoms with Gasteiger partial charge in [0.2, 0.25) is 0 Å². The predicted octanol–water partition coefficient (Wildman–Crippen LogP) is 5.24. The Morgan fingerprint density at radius 2 is 1.82 bits per heavy atom. The number of hydrogen-bond donors (Lipinski definition) is 1. The fourth-order valence-electron chi connectivity index (χ4n) is 1.81. The largest absolute Gasteiger partial charge is 0.489 e. The Labute approximate surface area is 133 Å². The first-order chi connectivity index (χ1) is 10.7. The van der Waals surface area contributed by atoms with E-state index in [0.717, 1.165) is 11.1 Å². The summed E-state index contributed by atoms with van der Waals surface area (Å²) >= 11 is 0. The van der Waals surface area contributed by atoms with E-state index in [1.54, 1.807) is 12.1 Å². The molecular formula is C19H24N2O. The molecule has 0 atom stereocenters. The molecule has 2 rings (SSSR count). The van der Waals surface area contributed by atoms with Crippen LogP contribution in [0.25, 0.3) is 6.08 Å². The van der Waals surface area contributed by atoms with E-state index in [-0.39, 0.29) is 0 Å². The van der Waals surface area contributed by atoms with Crippen LogP contribution < -0.4 is 10.5 Å². The molecule has 0 heterocycles. The Morgan fingerprint density at radius 3 is 2.36 bits per heavy atom. The Kier molecular flexibility index (Phi) is 7.48. The van der Waals surface area contributed by atoms with Crippen molar-refractivity contribution in [3.05, 3.63) is 60.2 Å². The third-order valence-corrected chi connectivity index (χ3v) is 2.77. The SMILES string of the molecule is C=Cc1cc(OCc2ccccc2)cc(N)c1N=C.CCC. The topological polar surface area (TPSA) is 47.6 Å². The number of nitrogens with two attached hydrogens (primary N) is 1. The molecule has 0 unspecified atom stereocenters. The van der Waals surface area contributed by atoms with Gasteiger partial charge in [-0.1, -0.05) is 63.3 Å². The van der Waals surface area contributed by atoms with Gasteiger partial charge in [-0.25, -0.2) is 0 Å². The summed E-state index contributed by atoms with van der Waals surface area (Å²) in [5.74, 6) is 0.698. The fraction of sp³-hybridized carbons (Fsp3) is 0.211. The molecule has 0 aliphatic rings. The zero-order chi connectivity index (χ0) is 16.4. The molecule has 0 bridgehead atoms. The smallest absolute Gasteiger partial charge is 0.122 e. The number of nitrogens with zero attached hydrogens (tertiary/aromatic N) is 1. The van der Waals surface area contributed by atoms with Gasteiger partial charge in [0.25, 0.3) is 0 Å². The van der Waals surface area contributed by atoms with E-state index >= 15 is 0 Å². The zero-order valence-electron chi connectivity index (χ0n) is 13.4. The lowest BCUT2D eigenvalue weighted by Crippen LogP contribution is -1.97. The van der Waals surface area contributed by atoms with Crippen LogP contribution in [-0.4, -0.2) is 6.72 Å². The first kappa shape index (κ1) is 17.5. The van der Waals surface area contributed by atoms with Crippen molar-refractivity contribution in [2.75, 3.05) is 5.73 Å². The number of hydrogen-bond acceptors (Lipinski definition) is 3. The highest BCUT2D eigenvalue weighted by molar-refractivity contribution is 5.78. The average Bonchev–Trinajstić information content (AvgIpc) is 2.54. The standard InChI is InChI=1S/C16H16N2O.C3H8/c1-3-13-9-14(10-15(17)16(13)18-2)19-11-12-7-5-4-6-8-12;1-3-2/h3-10H,1-2,11,17H2;3H2,1-2H3. The molecule has 0 aliphatic carbocycles. The van der Waals surface area contributed by atoms with Crippen molar-refractivity contribution in [2.24, 2.45) is 4.99 Å². The van der Waals surface area contributed by atoms with Gasteiger partial charge >= 0.3 is 0 Å². The minimum atomic E-state index is 0.498. The average molecular weight is 296 g/mol. The van der Waals surface area contributed by atoms with Gasteiger partial charge in [-0.15, -0.1) is 0 Å². The van der Waals surface area contributed by atoms with Gasteiger partial charge in [0, 0.05) is 11.6 Å². The number of rotatable bonds is 5. The molecule has 2 aromatic rings. The summed E-state index contributed by atoms with van der Waals surface area (Å²) in [6.45, 7) is 12.0. The monoisotopic (exact) mass is 296 g/mol. The lowest BCUT2D eigenvalue weighted by atomic mass is 10.1. The van der Waals surface area contributed by atoms with E-state index in [1.165, 1.54) is 6.42 Å². The molecule has 116 valence electrons. The van der Waals surface area contributed by atoms with Crippen LogP contribution >= 0.6 is 0 Å². The van der Waals surface area contributed by atoms with Crippen molar-refractivity contribution < 1.29 is 4.74 Å². The number of ether oxygens (including phenoxy) is 1. The maximum absolute atomic E-state index is 5.92. The lowest BCUT2D eigenvalue weighted by Gasteiger charge is -2.10. The van der Waals surface area contributed by atoms with Gasteiger partial charge in [0.05, 0.1) is 11.4 Å². The van der Waals surface area contributed by atoms with Gasteiger partial charge in [0.1, 0.15) is 12.4 Å². The summed E-state index contributed by atoms with van der Waals surface area (Å²) in [6.07, 6.45) is 2.94. The third-order valence-electron chi connectivity index (χ3n) is 2.77. The Balaban J connectivity index is 0.000000745. The summed E-state index contributed by atoms with van der Waals surface area (Å²) in [6, 6.07) is 13.6. The molecular weight excluding hydrogens is 272 g/mol. The second-order valence-electron chi connectivity index (χ2n) is 4.79. The summed E-state index contributed by atoms with van der Waals surface area (Å²) in [5.41, 5.74) is 9.02. The van der Waals surface area contributed by atoms with Crippen molar-refractivity contribution in [1.29, 1.82) is 0 Å². The Morgan fingerprint density at radius 1 is 1.18 bits per heavy atom. The Hall–Kier alpha value is -2.55. The van der Waals surface area contributed by atoms with Crippen molar-refractivity contribution in [3.8, 4) is 5.75 Å². The van der Waals surface area contributed by atoms with Crippen LogP contribution in [0.15, 0.2) is 54.0 Å². The number of nitrogen functional groups attached to an aromatic ring is 1. The van der Waals surface area contributed by atoms with Crippen LogP contribution in [0, 0.1) is 0 Å². The molecule has 0 saturated carbocycles. The summed E-state index contributed by atoms with van der Waals surface area (Å²) in [5, 5.41) is 0. The maximum atomic E-state index is 5.92. The number of aliphatic imine (C=N–C) groups is 1. The zero-order valence-corrected chi connectivity index (χ0v) is 13.4. The van der Waals surface area contributed by atoms with Crippen molar-refractivity contribution in [1.82, 2.24) is 0 Å². The highest BCUT2D eigenvalue weighted by Gasteiger charge is 2.06. The van der Waals surface area contributed by atoms with Crippen LogP contribution in [0.3, 0.4) is 0 Å². The quantitative estimate of drug-likeness (QED) is 0.606. The van der Waals surface area contributed by atoms with Gasteiger partial charge < -0.3 is 10.5 Å². The third kappa shape index (κ3) is 5.09. The first-order valence-electron chi connectivity index (χ1n) is 7.35. The number of anilines is 1. The highest BCUT2D eigenvalue weighted by atomic mass is 16.5. The van der Waals surface area contributed by atoms with Crippen LogP contribution in [0.4, 0.5) is 11.4 Å². The Bertz CT molecular complexity index is 606. The van der Waals surface area contributed by atoms with Crippen LogP contribution in [0.1, 0.15) is 31.4 Å². The molecule has 0 spiro atoms. The van der Waals surface area contributed by atoms with E-state index in [0.29, 0.717) is 23.7 Å². The molecule has 2 aromatic carbocycles. The minimum absolute atomic E-state index is 0.498. The number of benzene rings is 2. The second kappa shape index (κ2) is 9.40. The molecule has 0 aromatic heterocycles. The molecule has 0 radical (unpaired) electrons. The van der Waals surface area contributed by atoms with E-state index in [2.05, 4.69) is 32.1 Å². The highest BCUT2D eigenvalue weighted by Crippen LogP contribution is 2.32. The lowest BCUT2D eigenvalue weighted by molar-refractivity contribution is 0.306. The molecule has 2 N–H and O–H groups in total.